The standard InChI is InChI=1S/C17H27NO2/c1-4-9-15-14-16(19-6-3)10-11-17(15)20-13-8-7-12-18-5-2/h4,10-11,14,18H,1,5-9,12-13H2,2-3H3. The van der Waals surface area contributed by atoms with Gasteiger partial charge in [-0.2, -0.15) is 0 Å². The van der Waals surface area contributed by atoms with E-state index in [1.54, 1.807) is 0 Å². The van der Waals surface area contributed by atoms with Crippen molar-refractivity contribution in [3.05, 3.63) is 36.4 Å². The van der Waals surface area contributed by atoms with E-state index < -0.39 is 0 Å². The molecule has 0 aliphatic heterocycles. The summed E-state index contributed by atoms with van der Waals surface area (Å²) in [6, 6.07) is 6.00. The molecule has 112 valence electrons. The smallest absolute Gasteiger partial charge is 0.123 e. The number of hydrogen-bond acceptors (Lipinski definition) is 3. The molecule has 20 heavy (non-hydrogen) atoms. The summed E-state index contributed by atoms with van der Waals surface area (Å²) in [6.07, 6.45) is 4.89. The van der Waals surface area contributed by atoms with Crippen LogP contribution in [0.4, 0.5) is 0 Å². The van der Waals surface area contributed by atoms with Crippen LogP contribution in [0.5, 0.6) is 11.5 Å². The summed E-state index contributed by atoms with van der Waals surface area (Å²) in [4.78, 5) is 0. The van der Waals surface area contributed by atoms with E-state index in [1.807, 2.05) is 31.2 Å². The fraction of sp³-hybridized carbons (Fsp3) is 0.529. The minimum atomic E-state index is 0.679. The summed E-state index contributed by atoms with van der Waals surface area (Å²) in [5.41, 5.74) is 1.14. The molecule has 3 heteroatoms. The fourth-order valence-corrected chi connectivity index (χ4v) is 1.98. The molecule has 1 rings (SSSR count). The highest BCUT2D eigenvalue weighted by Gasteiger charge is 2.05. The topological polar surface area (TPSA) is 30.5 Å². The van der Waals surface area contributed by atoms with E-state index in [0.29, 0.717) is 6.61 Å². The van der Waals surface area contributed by atoms with Gasteiger partial charge in [-0.1, -0.05) is 13.0 Å². The van der Waals surface area contributed by atoms with E-state index in [4.69, 9.17) is 9.47 Å². The van der Waals surface area contributed by atoms with Crippen LogP contribution in [-0.4, -0.2) is 26.3 Å². The van der Waals surface area contributed by atoms with Crippen LogP contribution in [0.2, 0.25) is 0 Å². The van der Waals surface area contributed by atoms with Crippen molar-refractivity contribution >= 4 is 0 Å². The molecule has 3 nitrogen and oxygen atoms in total. The van der Waals surface area contributed by atoms with Gasteiger partial charge in [-0.05, 0) is 57.5 Å². The Labute approximate surface area is 123 Å². The zero-order valence-corrected chi connectivity index (χ0v) is 12.8. The number of nitrogens with one attached hydrogen (secondary N) is 1. The van der Waals surface area contributed by atoms with Gasteiger partial charge in [0.15, 0.2) is 0 Å². The molecule has 0 spiro atoms. The molecule has 0 fully saturated rings. The van der Waals surface area contributed by atoms with E-state index in [2.05, 4.69) is 18.8 Å². The Morgan fingerprint density at radius 1 is 1.20 bits per heavy atom. The van der Waals surface area contributed by atoms with E-state index in [0.717, 1.165) is 56.0 Å². The first-order valence-corrected chi connectivity index (χ1v) is 7.52. The summed E-state index contributed by atoms with van der Waals surface area (Å²) >= 11 is 0. The minimum Gasteiger partial charge on any atom is -0.494 e. The van der Waals surface area contributed by atoms with Gasteiger partial charge in [0, 0.05) is 5.56 Å². The molecule has 0 amide bonds. The van der Waals surface area contributed by atoms with Gasteiger partial charge in [0.2, 0.25) is 0 Å². The number of rotatable bonds is 11. The Morgan fingerprint density at radius 3 is 2.75 bits per heavy atom. The van der Waals surface area contributed by atoms with Crippen molar-refractivity contribution in [3.8, 4) is 11.5 Å². The lowest BCUT2D eigenvalue weighted by atomic mass is 10.1. The van der Waals surface area contributed by atoms with Gasteiger partial charge in [-0.25, -0.2) is 0 Å². The molecule has 0 unspecified atom stereocenters. The van der Waals surface area contributed by atoms with Crippen LogP contribution in [0.15, 0.2) is 30.9 Å². The molecule has 0 heterocycles. The van der Waals surface area contributed by atoms with Crippen LogP contribution in [-0.2, 0) is 6.42 Å². The molecular weight excluding hydrogens is 250 g/mol. The van der Waals surface area contributed by atoms with Crippen molar-refractivity contribution in [2.45, 2.75) is 33.1 Å². The van der Waals surface area contributed by atoms with Gasteiger partial charge in [-0.15, -0.1) is 6.58 Å². The Bertz CT molecular complexity index is 391. The van der Waals surface area contributed by atoms with E-state index in [1.165, 1.54) is 0 Å². The average Bonchev–Trinajstić information content (AvgIpc) is 2.45. The maximum Gasteiger partial charge on any atom is 0.123 e. The van der Waals surface area contributed by atoms with Gasteiger partial charge in [0.25, 0.3) is 0 Å². The van der Waals surface area contributed by atoms with E-state index in [9.17, 15) is 0 Å². The summed E-state index contributed by atoms with van der Waals surface area (Å²) in [6.45, 7) is 11.4. The van der Waals surface area contributed by atoms with Gasteiger partial charge in [0.05, 0.1) is 13.2 Å². The maximum atomic E-state index is 5.87. The van der Waals surface area contributed by atoms with E-state index >= 15 is 0 Å². The van der Waals surface area contributed by atoms with Crippen LogP contribution in [0, 0.1) is 0 Å². The lowest BCUT2D eigenvalue weighted by molar-refractivity contribution is 0.301. The van der Waals surface area contributed by atoms with E-state index in [-0.39, 0.29) is 0 Å². The molecule has 0 atom stereocenters. The second kappa shape index (κ2) is 10.3. The molecule has 1 aromatic carbocycles. The predicted molar refractivity (Wildman–Crippen MR) is 84.8 cm³/mol. The number of allylic oxidation sites excluding steroid dienone is 1. The largest absolute Gasteiger partial charge is 0.494 e. The van der Waals surface area contributed by atoms with Crippen molar-refractivity contribution in [2.24, 2.45) is 0 Å². The molecular formula is C17H27NO2. The summed E-state index contributed by atoms with van der Waals surface area (Å²) in [5, 5.41) is 3.31. The normalized spacial score (nSPS) is 10.3. The lowest BCUT2D eigenvalue weighted by Gasteiger charge is -2.12. The first-order chi connectivity index (χ1) is 9.81. The molecule has 0 aromatic heterocycles. The van der Waals surface area contributed by atoms with Crippen LogP contribution >= 0.6 is 0 Å². The number of unbranched alkanes of at least 4 members (excludes halogenated alkanes) is 1. The quantitative estimate of drug-likeness (QED) is 0.495. The molecule has 0 radical (unpaired) electrons. The molecule has 1 aromatic rings. The minimum absolute atomic E-state index is 0.679. The third-order valence-corrected chi connectivity index (χ3v) is 2.96. The van der Waals surface area contributed by atoms with Gasteiger partial charge >= 0.3 is 0 Å². The zero-order chi connectivity index (χ0) is 14.6. The lowest BCUT2D eigenvalue weighted by Crippen LogP contribution is -2.14. The number of benzene rings is 1. The first-order valence-electron chi connectivity index (χ1n) is 7.52. The van der Waals surface area contributed by atoms with Gasteiger partial charge in [0.1, 0.15) is 11.5 Å². The Hall–Kier alpha value is -1.48. The molecule has 1 N–H and O–H groups in total. The molecule has 0 bridgehead atoms. The molecule has 0 saturated heterocycles. The first kappa shape index (κ1) is 16.6. The molecule has 0 aliphatic carbocycles. The Morgan fingerprint density at radius 2 is 2.05 bits per heavy atom. The van der Waals surface area contributed by atoms with Crippen molar-refractivity contribution in [1.29, 1.82) is 0 Å². The van der Waals surface area contributed by atoms with Crippen LogP contribution in [0.3, 0.4) is 0 Å². The van der Waals surface area contributed by atoms with Gasteiger partial charge in [-0.3, -0.25) is 0 Å². The summed E-state index contributed by atoms with van der Waals surface area (Å²) < 4.78 is 11.4. The summed E-state index contributed by atoms with van der Waals surface area (Å²) in [5.74, 6) is 1.83. The average molecular weight is 277 g/mol. The summed E-state index contributed by atoms with van der Waals surface area (Å²) in [7, 11) is 0. The number of hydrogen-bond donors (Lipinski definition) is 1. The SMILES string of the molecule is C=CCc1cc(OCC)ccc1OCCCCNCC. The highest BCUT2D eigenvalue weighted by atomic mass is 16.5. The fourth-order valence-electron chi connectivity index (χ4n) is 1.98. The van der Waals surface area contributed by atoms with Crippen LogP contribution in [0.25, 0.3) is 0 Å². The van der Waals surface area contributed by atoms with Gasteiger partial charge < -0.3 is 14.8 Å². The monoisotopic (exact) mass is 277 g/mol. The predicted octanol–water partition coefficient (Wildman–Crippen LogP) is 3.58. The number of ether oxygens (including phenoxy) is 2. The Kier molecular flexibility index (Phi) is 8.56. The third-order valence-electron chi connectivity index (χ3n) is 2.96. The second-order valence-electron chi connectivity index (χ2n) is 4.60. The molecule has 0 aliphatic rings. The van der Waals surface area contributed by atoms with Crippen LogP contribution < -0.4 is 14.8 Å². The second-order valence-corrected chi connectivity index (χ2v) is 4.60. The highest BCUT2D eigenvalue weighted by Crippen LogP contribution is 2.25. The molecule has 0 saturated carbocycles. The van der Waals surface area contributed by atoms with Crippen molar-refractivity contribution in [2.75, 3.05) is 26.3 Å². The zero-order valence-electron chi connectivity index (χ0n) is 12.8. The van der Waals surface area contributed by atoms with Crippen LogP contribution in [0.1, 0.15) is 32.3 Å². The maximum absolute atomic E-state index is 5.87. The van der Waals surface area contributed by atoms with Crippen molar-refractivity contribution < 1.29 is 9.47 Å². The highest BCUT2D eigenvalue weighted by molar-refractivity contribution is 5.41. The van der Waals surface area contributed by atoms with Crippen molar-refractivity contribution in [1.82, 2.24) is 5.32 Å². The van der Waals surface area contributed by atoms with Crippen molar-refractivity contribution in [3.63, 3.8) is 0 Å². The third kappa shape index (κ3) is 6.11. The Balaban J connectivity index is 2.48.